The molecule has 19 heavy (non-hydrogen) atoms. The Kier molecular flexibility index (Phi) is 3.57. The SMILES string of the molecule is CCOc1cccc(-c2nc(=S)c3c([nH]2)CSC3)c1. The van der Waals surface area contributed by atoms with Gasteiger partial charge in [-0.25, -0.2) is 4.98 Å². The Labute approximate surface area is 121 Å². The minimum atomic E-state index is 0.660. The van der Waals surface area contributed by atoms with Gasteiger partial charge in [-0.3, -0.25) is 0 Å². The molecule has 0 spiro atoms. The van der Waals surface area contributed by atoms with Crippen molar-refractivity contribution in [1.29, 1.82) is 0 Å². The van der Waals surface area contributed by atoms with Gasteiger partial charge in [0.2, 0.25) is 0 Å². The van der Waals surface area contributed by atoms with Gasteiger partial charge in [-0.1, -0.05) is 24.4 Å². The van der Waals surface area contributed by atoms with Crippen molar-refractivity contribution in [2.45, 2.75) is 18.4 Å². The third-order valence-electron chi connectivity index (χ3n) is 3.02. The molecule has 2 heterocycles. The van der Waals surface area contributed by atoms with Crippen LogP contribution < -0.4 is 4.74 Å². The van der Waals surface area contributed by atoms with E-state index in [2.05, 4.69) is 9.97 Å². The number of hydrogen-bond donors (Lipinski definition) is 1. The monoisotopic (exact) mass is 290 g/mol. The number of nitrogens with zero attached hydrogens (tertiary/aromatic N) is 1. The van der Waals surface area contributed by atoms with Crippen LogP contribution >= 0.6 is 24.0 Å². The molecule has 0 saturated heterocycles. The Morgan fingerprint density at radius 3 is 3.16 bits per heavy atom. The minimum absolute atomic E-state index is 0.660. The normalized spacial score (nSPS) is 13.3. The number of nitrogens with one attached hydrogen (secondary N) is 1. The predicted molar refractivity (Wildman–Crippen MR) is 81.0 cm³/mol. The average molecular weight is 290 g/mol. The van der Waals surface area contributed by atoms with Gasteiger partial charge in [0.15, 0.2) is 0 Å². The fourth-order valence-electron chi connectivity index (χ4n) is 2.11. The third kappa shape index (κ3) is 2.53. The van der Waals surface area contributed by atoms with Crippen LogP contribution in [0.3, 0.4) is 0 Å². The van der Waals surface area contributed by atoms with Crippen molar-refractivity contribution in [3.63, 3.8) is 0 Å². The van der Waals surface area contributed by atoms with Crippen molar-refractivity contribution < 1.29 is 4.74 Å². The lowest BCUT2D eigenvalue weighted by molar-refractivity contribution is 0.340. The molecule has 1 aliphatic heterocycles. The molecule has 1 aromatic heterocycles. The van der Waals surface area contributed by atoms with E-state index in [-0.39, 0.29) is 0 Å². The molecule has 0 bridgehead atoms. The predicted octanol–water partition coefficient (Wildman–Crippen LogP) is 3.95. The van der Waals surface area contributed by atoms with Gasteiger partial charge in [0, 0.05) is 28.3 Å². The summed E-state index contributed by atoms with van der Waals surface area (Å²) in [7, 11) is 0. The summed E-state index contributed by atoms with van der Waals surface area (Å²) in [6.07, 6.45) is 0. The second-order valence-electron chi connectivity index (χ2n) is 4.30. The zero-order chi connectivity index (χ0) is 13.2. The zero-order valence-corrected chi connectivity index (χ0v) is 12.2. The van der Waals surface area contributed by atoms with E-state index in [1.165, 1.54) is 11.3 Å². The minimum Gasteiger partial charge on any atom is -0.494 e. The highest BCUT2D eigenvalue weighted by atomic mass is 32.2. The van der Waals surface area contributed by atoms with E-state index >= 15 is 0 Å². The molecular weight excluding hydrogens is 276 g/mol. The van der Waals surface area contributed by atoms with Crippen LogP contribution in [0.1, 0.15) is 18.2 Å². The highest BCUT2D eigenvalue weighted by molar-refractivity contribution is 7.98. The maximum atomic E-state index is 5.52. The first-order valence-corrected chi connectivity index (χ1v) is 7.77. The Hall–Kier alpha value is -1.33. The number of aromatic amines is 1. The first-order chi connectivity index (χ1) is 9.28. The molecule has 0 aliphatic carbocycles. The van der Waals surface area contributed by atoms with Crippen molar-refractivity contribution in [2.24, 2.45) is 0 Å². The van der Waals surface area contributed by atoms with E-state index in [0.29, 0.717) is 6.61 Å². The van der Waals surface area contributed by atoms with Crippen LogP contribution in [0, 0.1) is 4.64 Å². The number of fused-ring (bicyclic) bond motifs is 1. The van der Waals surface area contributed by atoms with Crippen LogP contribution in [0.15, 0.2) is 24.3 Å². The summed E-state index contributed by atoms with van der Waals surface area (Å²) in [5.41, 5.74) is 3.41. The number of ether oxygens (including phenoxy) is 1. The maximum Gasteiger partial charge on any atom is 0.139 e. The Balaban J connectivity index is 2.05. The number of aromatic nitrogens is 2. The maximum absolute atomic E-state index is 5.52. The van der Waals surface area contributed by atoms with E-state index in [9.17, 15) is 0 Å². The van der Waals surface area contributed by atoms with Crippen LogP contribution in [-0.4, -0.2) is 16.6 Å². The lowest BCUT2D eigenvalue weighted by atomic mass is 10.2. The number of hydrogen-bond acceptors (Lipinski definition) is 4. The van der Waals surface area contributed by atoms with Gasteiger partial charge in [0.1, 0.15) is 16.2 Å². The Morgan fingerprint density at radius 2 is 2.32 bits per heavy atom. The number of rotatable bonds is 3. The quantitative estimate of drug-likeness (QED) is 0.869. The molecule has 3 nitrogen and oxygen atoms in total. The van der Waals surface area contributed by atoms with E-state index in [4.69, 9.17) is 17.0 Å². The van der Waals surface area contributed by atoms with Crippen LogP contribution in [0.2, 0.25) is 0 Å². The van der Waals surface area contributed by atoms with Crippen molar-refractivity contribution in [3.05, 3.63) is 40.2 Å². The summed E-state index contributed by atoms with van der Waals surface area (Å²) in [5.74, 6) is 3.64. The molecule has 0 saturated carbocycles. The van der Waals surface area contributed by atoms with Crippen LogP contribution in [0.4, 0.5) is 0 Å². The lowest BCUT2D eigenvalue weighted by Crippen LogP contribution is -1.98. The van der Waals surface area contributed by atoms with Gasteiger partial charge in [0.25, 0.3) is 0 Å². The second-order valence-corrected chi connectivity index (χ2v) is 5.67. The van der Waals surface area contributed by atoms with Crippen molar-refractivity contribution in [3.8, 4) is 17.1 Å². The molecule has 0 atom stereocenters. The summed E-state index contributed by atoms with van der Waals surface area (Å²) < 4.78 is 6.24. The standard InChI is InChI=1S/C14H14N2OS2/c1-2-17-10-5-3-4-9(6-10)13-15-12-8-19-7-11(12)14(18)16-13/h3-6H,2,7-8H2,1H3,(H,15,16,18). The molecule has 0 radical (unpaired) electrons. The van der Waals surface area contributed by atoms with Crippen LogP contribution in [0.5, 0.6) is 5.75 Å². The Morgan fingerprint density at radius 1 is 1.42 bits per heavy atom. The highest BCUT2D eigenvalue weighted by Crippen LogP contribution is 2.30. The van der Waals surface area contributed by atoms with E-state index in [0.717, 1.165) is 33.3 Å². The summed E-state index contributed by atoms with van der Waals surface area (Å²) in [5, 5.41) is 0. The highest BCUT2D eigenvalue weighted by Gasteiger charge is 2.15. The molecule has 2 aromatic rings. The van der Waals surface area contributed by atoms with E-state index in [1.807, 2.05) is 43.0 Å². The molecule has 0 fully saturated rings. The lowest BCUT2D eigenvalue weighted by Gasteiger charge is -2.07. The van der Waals surface area contributed by atoms with E-state index < -0.39 is 0 Å². The van der Waals surface area contributed by atoms with Gasteiger partial charge < -0.3 is 9.72 Å². The summed E-state index contributed by atoms with van der Waals surface area (Å²) >= 11 is 7.24. The largest absolute Gasteiger partial charge is 0.494 e. The summed E-state index contributed by atoms with van der Waals surface area (Å²) in [6.45, 7) is 2.64. The number of H-pyrrole nitrogens is 1. The van der Waals surface area contributed by atoms with Crippen LogP contribution in [0.25, 0.3) is 11.4 Å². The summed E-state index contributed by atoms with van der Waals surface area (Å²) in [4.78, 5) is 7.90. The van der Waals surface area contributed by atoms with Gasteiger partial charge >= 0.3 is 0 Å². The molecule has 1 N–H and O–H groups in total. The van der Waals surface area contributed by atoms with Gasteiger partial charge in [-0.15, -0.1) is 0 Å². The van der Waals surface area contributed by atoms with E-state index in [1.54, 1.807) is 0 Å². The topological polar surface area (TPSA) is 37.9 Å². The fourth-order valence-corrected chi connectivity index (χ4v) is 3.55. The smallest absolute Gasteiger partial charge is 0.139 e. The average Bonchev–Trinajstić information content (AvgIpc) is 2.88. The van der Waals surface area contributed by atoms with Gasteiger partial charge in [-0.05, 0) is 19.1 Å². The number of benzene rings is 1. The fraction of sp³-hybridized carbons (Fsp3) is 0.286. The van der Waals surface area contributed by atoms with Crippen molar-refractivity contribution >= 4 is 24.0 Å². The van der Waals surface area contributed by atoms with Gasteiger partial charge in [-0.2, -0.15) is 11.8 Å². The zero-order valence-electron chi connectivity index (χ0n) is 10.6. The molecule has 1 aromatic carbocycles. The molecule has 5 heteroatoms. The summed E-state index contributed by atoms with van der Waals surface area (Å²) in [6, 6.07) is 7.93. The molecule has 0 amide bonds. The van der Waals surface area contributed by atoms with Gasteiger partial charge in [0.05, 0.1) is 6.61 Å². The Bertz CT molecular complexity index is 667. The molecule has 3 rings (SSSR count). The van der Waals surface area contributed by atoms with Crippen LogP contribution in [-0.2, 0) is 11.5 Å². The first kappa shape index (κ1) is 12.7. The van der Waals surface area contributed by atoms with Crippen molar-refractivity contribution in [2.75, 3.05) is 6.61 Å². The second kappa shape index (κ2) is 5.35. The third-order valence-corrected chi connectivity index (χ3v) is 4.34. The molecular formula is C14H14N2OS2. The molecule has 1 aliphatic rings. The van der Waals surface area contributed by atoms with Crippen molar-refractivity contribution in [1.82, 2.24) is 9.97 Å². The molecule has 98 valence electrons. The first-order valence-electron chi connectivity index (χ1n) is 6.21. The number of thioether (sulfide) groups is 1. The molecule has 0 unspecified atom stereocenters.